The van der Waals surface area contributed by atoms with E-state index in [2.05, 4.69) is 12.4 Å². The Labute approximate surface area is 163 Å². The SMILES string of the molecule is CCCCCCCCCCCCCCCC(CCC[N+](C)([O-])CC)NO. The molecule has 26 heavy (non-hydrogen) atoms. The molecule has 0 aliphatic rings. The number of hydrogen-bond donors (Lipinski definition) is 2. The summed E-state index contributed by atoms with van der Waals surface area (Å²) in [6.45, 7) is 5.47. The highest BCUT2D eigenvalue weighted by molar-refractivity contribution is 4.63. The second-order valence-electron chi connectivity index (χ2n) is 8.34. The molecule has 0 aromatic heterocycles. The molecule has 0 bridgehead atoms. The summed E-state index contributed by atoms with van der Waals surface area (Å²) < 4.78 is -0.170. The number of unbranched alkanes of at least 4 members (excludes halogenated alkanes) is 12. The zero-order valence-electron chi connectivity index (χ0n) is 18.1. The fourth-order valence-corrected chi connectivity index (χ4v) is 3.51. The lowest BCUT2D eigenvalue weighted by molar-refractivity contribution is -0.859. The van der Waals surface area contributed by atoms with Gasteiger partial charge in [0.15, 0.2) is 0 Å². The van der Waals surface area contributed by atoms with Crippen molar-refractivity contribution < 1.29 is 9.85 Å². The van der Waals surface area contributed by atoms with Gasteiger partial charge in [-0.25, -0.2) is 5.48 Å². The number of nitrogens with zero attached hydrogens (tertiary/aromatic N) is 1. The first-order valence-electron chi connectivity index (χ1n) is 11.5. The maximum absolute atomic E-state index is 11.9. The van der Waals surface area contributed by atoms with Gasteiger partial charge in [-0.1, -0.05) is 90.4 Å². The quantitative estimate of drug-likeness (QED) is 0.144. The summed E-state index contributed by atoms with van der Waals surface area (Å²) in [7, 11) is 1.73. The Morgan fingerprint density at radius 1 is 0.731 bits per heavy atom. The van der Waals surface area contributed by atoms with Gasteiger partial charge < -0.3 is 15.1 Å². The second kappa shape index (κ2) is 18.2. The molecule has 0 radical (unpaired) electrons. The predicted molar refractivity (Wildman–Crippen MR) is 113 cm³/mol. The summed E-state index contributed by atoms with van der Waals surface area (Å²) in [4.78, 5) is 0. The average Bonchev–Trinajstić information content (AvgIpc) is 2.64. The lowest BCUT2D eigenvalue weighted by atomic mass is 10.0. The Kier molecular flexibility index (Phi) is 18.1. The topological polar surface area (TPSA) is 55.3 Å². The third-order valence-corrected chi connectivity index (χ3v) is 5.69. The molecule has 158 valence electrons. The van der Waals surface area contributed by atoms with E-state index in [4.69, 9.17) is 0 Å². The molecule has 0 saturated heterocycles. The maximum atomic E-state index is 11.9. The van der Waals surface area contributed by atoms with Gasteiger partial charge in [0.1, 0.15) is 0 Å². The molecular formula is C22H48N2O2. The molecule has 0 heterocycles. The van der Waals surface area contributed by atoms with Gasteiger partial charge in [0, 0.05) is 6.04 Å². The van der Waals surface area contributed by atoms with E-state index >= 15 is 0 Å². The van der Waals surface area contributed by atoms with Crippen molar-refractivity contribution in [3.05, 3.63) is 5.21 Å². The Morgan fingerprint density at radius 2 is 1.15 bits per heavy atom. The Morgan fingerprint density at radius 3 is 1.58 bits per heavy atom. The summed E-state index contributed by atoms with van der Waals surface area (Å²) in [6.07, 6.45) is 20.6. The van der Waals surface area contributed by atoms with Gasteiger partial charge in [-0.2, -0.15) is 0 Å². The summed E-state index contributed by atoms with van der Waals surface area (Å²) in [5.74, 6) is 0. The molecule has 0 aliphatic heterocycles. The van der Waals surface area contributed by atoms with Crippen molar-refractivity contribution in [2.24, 2.45) is 0 Å². The van der Waals surface area contributed by atoms with Gasteiger partial charge in [-0.05, 0) is 26.2 Å². The number of rotatable bonds is 20. The van der Waals surface area contributed by atoms with E-state index in [9.17, 15) is 10.4 Å². The van der Waals surface area contributed by atoms with Crippen LogP contribution in [0, 0.1) is 5.21 Å². The summed E-state index contributed by atoms with van der Waals surface area (Å²) in [6, 6.07) is 0.152. The highest BCUT2D eigenvalue weighted by Crippen LogP contribution is 2.14. The molecule has 0 aliphatic carbocycles. The van der Waals surface area contributed by atoms with Crippen molar-refractivity contribution in [3.8, 4) is 0 Å². The molecule has 0 spiro atoms. The van der Waals surface area contributed by atoms with Crippen LogP contribution in [0.2, 0.25) is 0 Å². The van der Waals surface area contributed by atoms with E-state index in [0.29, 0.717) is 13.1 Å². The number of hydroxylamine groups is 4. The molecule has 0 fully saturated rings. The highest BCUT2D eigenvalue weighted by atomic mass is 16.5. The third-order valence-electron chi connectivity index (χ3n) is 5.69. The Hall–Kier alpha value is -0.160. The first-order valence-corrected chi connectivity index (χ1v) is 11.5. The molecule has 2 N–H and O–H groups in total. The van der Waals surface area contributed by atoms with Crippen molar-refractivity contribution in [2.45, 2.75) is 123 Å². The van der Waals surface area contributed by atoms with Gasteiger partial charge in [0.25, 0.3) is 0 Å². The number of quaternary nitrogens is 1. The molecule has 2 unspecified atom stereocenters. The first kappa shape index (κ1) is 25.8. The van der Waals surface area contributed by atoms with Crippen molar-refractivity contribution in [1.82, 2.24) is 5.48 Å². The van der Waals surface area contributed by atoms with E-state index < -0.39 is 0 Å². The predicted octanol–water partition coefficient (Wildman–Crippen LogP) is 6.56. The monoisotopic (exact) mass is 372 g/mol. The minimum absolute atomic E-state index is 0.152. The summed E-state index contributed by atoms with van der Waals surface area (Å²) in [5, 5.41) is 21.2. The van der Waals surface area contributed by atoms with E-state index in [0.717, 1.165) is 19.3 Å². The largest absolute Gasteiger partial charge is 0.633 e. The van der Waals surface area contributed by atoms with Crippen LogP contribution in [0.3, 0.4) is 0 Å². The minimum Gasteiger partial charge on any atom is -0.633 e. The van der Waals surface area contributed by atoms with Crippen LogP contribution in [0.15, 0.2) is 0 Å². The standard InChI is InChI=1S/C22H48N2O2/c1-4-6-7-8-9-10-11-12-13-14-15-16-17-19-22(23-25)20-18-21-24(3,26)5-2/h22-23,25H,4-21H2,1-3H3. The molecule has 4 nitrogen and oxygen atoms in total. The normalized spacial score (nSPS) is 15.1. The average molecular weight is 373 g/mol. The molecule has 0 aromatic carbocycles. The fraction of sp³-hybridized carbons (Fsp3) is 1.00. The fourth-order valence-electron chi connectivity index (χ4n) is 3.51. The zero-order valence-corrected chi connectivity index (χ0v) is 18.1. The van der Waals surface area contributed by atoms with Crippen LogP contribution < -0.4 is 5.48 Å². The van der Waals surface area contributed by atoms with E-state index in [1.165, 1.54) is 83.5 Å². The Bertz CT molecular complexity index is 285. The van der Waals surface area contributed by atoms with Crippen LogP contribution >= 0.6 is 0 Å². The van der Waals surface area contributed by atoms with Gasteiger partial charge in [0.05, 0.1) is 20.1 Å². The molecule has 0 rings (SSSR count). The van der Waals surface area contributed by atoms with Gasteiger partial charge in [0.2, 0.25) is 0 Å². The van der Waals surface area contributed by atoms with Crippen molar-refractivity contribution in [3.63, 3.8) is 0 Å². The van der Waals surface area contributed by atoms with Crippen LogP contribution in [0.25, 0.3) is 0 Å². The summed E-state index contributed by atoms with van der Waals surface area (Å²) in [5.41, 5.74) is 2.44. The van der Waals surface area contributed by atoms with E-state index in [1.807, 2.05) is 6.92 Å². The smallest absolute Gasteiger partial charge is 0.0782 e. The molecule has 0 saturated carbocycles. The van der Waals surface area contributed by atoms with Crippen molar-refractivity contribution in [1.29, 1.82) is 0 Å². The minimum atomic E-state index is -0.170. The van der Waals surface area contributed by atoms with Crippen LogP contribution in [-0.2, 0) is 0 Å². The second-order valence-corrected chi connectivity index (χ2v) is 8.34. The number of nitrogens with one attached hydrogen (secondary N) is 1. The number of hydrogen-bond acceptors (Lipinski definition) is 3. The Balaban J connectivity index is 3.36. The zero-order chi connectivity index (χ0) is 19.5. The highest BCUT2D eigenvalue weighted by Gasteiger charge is 2.11. The van der Waals surface area contributed by atoms with Gasteiger partial charge in [-0.3, -0.25) is 0 Å². The van der Waals surface area contributed by atoms with Crippen molar-refractivity contribution >= 4 is 0 Å². The lowest BCUT2D eigenvalue weighted by Gasteiger charge is -2.37. The summed E-state index contributed by atoms with van der Waals surface area (Å²) >= 11 is 0. The first-order chi connectivity index (χ1) is 12.6. The van der Waals surface area contributed by atoms with Crippen LogP contribution in [0.5, 0.6) is 0 Å². The molecular weight excluding hydrogens is 324 g/mol. The van der Waals surface area contributed by atoms with Crippen LogP contribution in [0.1, 0.15) is 117 Å². The maximum Gasteiger partial charge on any atom is 0.0782 e. The van der Waals surface area contributed by atoms with Gasteiger partial charge >= 0.3 is 0 Å². The third kappa shape index (κ3) is 17.3. The van der Waals surface area contributed by atoms with Gasteiger partial charge in [-0.15, -0.1) is 0 Å². The lowest BCUT2D eigenvalue weighted by Crippen LogP contribution is -2.38. The van der Waals surface area contributed by atoms with E-state index in [-0.39, 0.29) is 10.7 Å². The molecule has 0 amide bonds. The van der Waals surface area contributed by atoms with Crippen molar-refractivity contribution in [2.75, 3.05) is 20.1 Å². The van der Waals surface area contributed by atoms with E-state index in [1.54, 1.807) is 7.05 Å². The van der Waals surface area contributed by atoms with Crippen LogP contribution in [-0.4, -0.2) is 36.0 Å². The molecule has 4 heteroatoms. The molecule has 2 atom stereocenters. The van der Waals surface area contributed by atoms with Crippen LogP contribution in [0.4, 0.5) is 0 Å². The molecule has 0 aromatic rings.